The first-order valence-corrected chi connectivity index (χ1v) is 24.7. The van der Waals surface area contributed by atoms with Gasteiger partial charge in [0.25, 0.3) is 0 Å². The number of nitrogens with one attached hydrogen (secondary N) is 3. The second-order valence-corrected chi connectivity index (χ2v) is 17.4. The van der Waals surface area contributed by atoms with Crippen LogP contribution in [-0.4, -0.2) is 95.1 Å². The first-order chi connectivity index (χ1) is 29.8. The summed E-state index contributed by atoms with van der Waals surface area (Å²) < 4.78 is 11.3. The van der Waals surface area contributed by atoms with Crippen LogP contribution >= 0.6 is 0 Å². The summed E-state index contributed by atoms with van der Waals surface area (Å²) in [5, 5.41) is 40.3. The lowest BCUT2D eigenvalue weighted by molar-refractivity contribution is -0.224. The Balaban J connectivity index is 1.88. The molecule has 1 aromatic carbocycles. The minimum atomic E-state index is -1.55. The van der Waals surface area contributed by atoms with Crippen molar-refractivity contribution in [3.63, 3.8) is 0 Å². The Bertz CT molecular complexity index is 1230. The minimum absolute atomic E-state index is 0.0307. The Hall–Kier alpha value is -2.93. The lowest BCUT2D eigenvalue weighted by Crippen LogP contribution is -2.70. The molecule has 6 N–H and O–H groups in total. The van der Waals surface area contributed by atoms with Crippen LogP contribution in [0.4, 0.5) is 9.59 Å². The average Bonchev–Trinajstić information content (AvgIpc) is 3.27. The highest BCUT2D eigenvalue weighted by molar-refractivity contribution is 5.82. The smallest absolute Gasteiger partial charge is 0.407 e. The molecule has 0 unspecified atom stereocenters. The third kappa shape index (κ3) is 25.7. The van der Waals surface area contributed by atoms with Crippen LogP contribution in [0.2, 0.25) is 0 Å². The molecule has 5 atom stereocenters. The molecular formula is C49H88N4O8. The van der Waals surface area contributed by atoms with Crippen molar-refractivity contribution in [2.75, 3.05) is 26.2 Å². The molecule has 1 aliphatic rings. The summed E-state index contributed by atoms with van der Waals surface area (Å²) in [5.41, 5.74) is 0.793. The molecule has 1 aromatic rings. The molecular weight excluding hydrogens is 773 g/mol. The first kappa shape index (κ1) is 54.2. The van der Waals surface area contributed by atoms with Gasteiger partial charge in [0.05, 0.1) is 6.61 Å². The van der Waals surface area contributed by atoms with Crippen molar-refractivity contribution in [1.29, 1.82) is 0 Å². The van der Waals surface area contributed by atoms with Gasteiger partial charge in [0.15, 0.2) is 6.23 Å². The van der Waals surface area contributed by atoms with Gasteiger partial charge < -0.3 is 40.7 Å². The molecule has 1 saturated heterocycles. The molecule has 0 radical (unpaired) electrons. The summed E-state index contributed by atoms with van der Waals surface area (Å²) >= 11 is 0. The zero-order valence-corrected chi connectivity index (χ0v) is 38.4. The van der Waals surface area contributed by atoms with Gasteiger partial charge in [-0.25, -0.2) is 9.59 Å². The Morgan fingerprint density at radius 2 is 1.08 bits per heavy atom. The van der Waals surface area contributed by atoms with Crippen LogP contribution in [-0.2, 0) is 20.9 Å². The quantitative estimate of drug-likeness (QED) is 0.0359. The number of rotatable bonds is 37. The van der Waals surface area contributed by atoms with E-state index in [0.717, 1.165) is 44.1 Å². The highest BCUT2D eigenvalue weighted by atomic mass is 16.6. The van der Waals surface area contributed by atoms with Gasteiger partial charge >= 0.3 is 12.1 Å². The third-order valence-electron chi connectivity index (χ3n) is 12.0. The average molecular weight is 861 g/mol. The maximum Gasteiger partial charge on any atom is 0.407 e. The fraction of sp³-hybridized carbons (Fsp3) is 0.816. The maximum absolute atomic E-state index is 13.9. The summed E-state index contributed by atoms with van der Waals surface area (Å²) in [6.07, 6.45) is 28.0. The van der Waals surface area contributed by atoms with Crippen molar-refractivity contribution >= 4 is 18.0 Å². The number of ether oxygens (including phenoxy) is 2. The number of amides is 4. The number of nitrogens with zero attached hydrogens (tertiary/aromatic N) is 1. The summed E-state index contributed by atoms with van der Waals surface area (Å²) in [4.78, 5) is 40.9. The number of hydrogen-bond acceptors (Lipinski definition) is 8. The SMILES string of the molecule is CCCCCCCCCCCCCCCCCCNC(=O)N(CCCCCCCCCCCCCC)[C@@H]1O[C@H](CO)[C@@H](O)[C@H](O)[C@H]1NC(=O)CNC(=O)OCc1ccccc1. The van der Waals surface area contributed by atoms with Gasteiger partial charge in [-0.15, -0.1) is 0 Å². The third-order valence-corrected chi connectivity index (χ3v) is 12.0. The summed E-state index contributed by atoms with van der Waals surface area (Å²) in [6.45, 7) is 4.25. The van der Waals surface area contributed by atoms with Crippen molar-refractivity contribution in [3.8, 4) is 0 Å². The van der Waals surface area contributed by atoms with Crippen LogP contribution in [0.1, 0.15) is 199 Å². The Kier molecular flexibility index (Phi) is 32.5. The second kappa shape index (κ2) is 36.5. The van der Waals surface area contributed by atoms with Crippen molar-refractivity contribution in [2.45, 2.75) is 231 Å². The van der Waals surface area contributed by atoms with Crippen molar-refractivity contribution in [3.05, 3.63) is 35.9 Å². The van der Waals surface area contributed by atoms with E-state index < -0.39 is 61.8 Å². The van der Waals surface area contributed by atoms with Crippen LogP contribution in [0.5, 0.6) is 0 Å². The van der Waals surface area contributed by atoms with E-state index in [2.05, 4.69) is 29.8 Å². The molecule has 1 aliphatic heterocycles. The Labute approximate surface area is 370 Å². The van der Waals surface area contributed by atoms with Crippen molar-refractivity contribution in [2.24, 2.45) is 0 Å². The molecule has 0 bridgehead atoms. The van der Waals surface area contributed by atoms with E-state index in [9.17, 15) is 29.7 Å². The molecule has 0 aliphatic carbocycles. The molecule has 352 valence electrons. The van der Waals surface area contributed by atoms with E-state index >= 15 is 0 Å². The van der Waals surface area contributed by atoms with E-state index in [0.29, 0.717) is 19.5 Å². The highest BCUT2D eigenvalue weighted by Crippen LogP contribution is 2.25. The van der Waals surface area contributed by atoms with Crippen molar-refractivity contribution in [1.82, 2.24) is 20.9 Å². The van der Waals surface area contributed by atoms with Gasteiger partial charge in [-0.3, -0.25) is 9.69 Å². The molecule has 12 nitrogen and oxygen atoms in total. The fourth-order valence-corrected chi connectivity index (χ4v) is 8.12. The molecule has 0 saturated carbocycles. The molecule has 0 aromatic heterocycles. The van der Waals surface area contributed by atoms with Gasteiger partial charge in [-0.05, 0) is 18.4 Å². The molecule has 61 heavy (non-hydrogen) atoms. The van der Waals surface area contributed by atoms with Crippen LogP contribution < -0.4 is 16.0 Å². The van der Waals surface area contributed by atoms with Crippen molar-refractivity contribution < 1.29 is 39.2 Å². The molecule has 12 heteroatoms. The van der Waals surface area contributed by atoms with E-state index in [1.54, 1.807) is 0 Å². The van der Waals surface area contributed by atoms with E-state index in [1.165, 1.54) is 140 Å². The molecule has 2 rings (SSSR count). The predicted octanol–water partition coefficient (Wildman–Crippen LogP) is 9.81. The number of benzene rings is 1. The van der Waals surface area contributed by atoms with Gasteiger partial charge in [0.1, 0.15) is 37.5 Å². The van der Waals surface area contributed by atoms with Gasteiger partial charge in [0, 0.05) is 13.1 Å². The summed E-state index contributed by atoms with van der Waals surface area (Å²) in [5.74, 6) is -0.664. The number of aliphatic hydroxyl groups is 3. The number of alkyl carbamates (subject to hydrolysis) is 1. The lowest BCUT2D eigenvalue weighted by Gasteiger charge is -2.46. The predicted molar refractivity (Wildman–Crippen MR) is 245 cm³/mol. The van der Waals surface area contributed by atoms with Crippen LogP contribution in [0.3, 0.4) is 0 Å². The molecule has 1 heterocycles. The zero-order chi connectivity index (χ0) is 44.2. The number of carbonyl (C=O) groups is 3. The standard InChI is InChI=1S/C49H88N4O8/c1-3-5-7-9-11-13-15-17-18-19-20-21-23-25-27-32-36-50-48(58)53(37-33-28-26-24-22-16-14-12-10-8-6-4-2)47-44(46(57)45(56)42(39-54)61-47)52-43(55)38-51-49(59)60-40-41-34-30-29-31-35-41/h29-31,34-35,42,44-47,54,56-57H,3-28,32-33,36-40H2,1-2H3,(H,50,58)(H,51,59)(H,52,55)/t42-,44-,45-,46-,47-/m1/s1. The summed E-state index contributed by atoms with van der Waals surface area (Å²) in [7, 11) is 0. The molecule has 0 spiro atoms. The monoisotopic (exact) mass is 861 g/mol. The van der Waals surface area contributed by atoms with Crippen LogP contribution in [0.15, 0.2) is 30.3 Å². The second-order valence-electron chi connectivity index (χ2n) is 17.4. The lowest BCUT2D eigenvalue weighted by atomic mass is 9.95. The fourth-order valence-electron chi connectivity index (χ4n) is 8.12. The number of hydrogen-bond donors (Lipinski definition) is 6. The Morgan fingerprint density at radius 3 is 1.56 bits per heavy atom. The number of urea groups is 1. The van der Waals surface area contributed by atoms with Crippen LogP contribution in [0.25, 0.3) is 0 Å². The maximum atomic E-state index is 13.9. The largest absolute Gasteiger partial charge is 0.445 e. The zero-order valence-electron chi connectivity index (χ0n) is 38.4. The summed E-state index contributed by atoms with van der Waals surface area (Å²) in [6, 6.07) is 7.53. The van der Waals surface area contributed by atoms with Gasteiger partial charge in [0.2, 0.25) is 5.91 Å². The number of carbonyl (C=O) groups excluding carboxylic acids is 3. The number of unbranched alkanes of at least 4 members (excludes halogenated alkanes) is 26. The van der Waals surface area contributed by atoms with Crippen LogP contribution in [0, 0.1) is 0 Å². The van der Waals surface area contributed by atoms with Gasteiger partial charge in [-0.2, -0.15) is 0 Å². The van der Waals surface area contributed by atoms with E-state index in [-0.39, 0.29) is 6.61 Å². The molecule has 1 fully saturated rings. The topological polar surface area (TPSA) is 170 Å². The van der Waals surface area contributed by atoms with E-state index in [1.807, 2.05) is 30.3 Å². The minimum Gasteiger partial charge on any atom is -0.445 e. The van der Waals surface area contributed by atoms with Gasteiger partial charge in [-0.1, -0.05) is 211 Å². The Morgan fingerprint density at radius 1 is 0.623 bits per heavy atom. The first-order valence-electron chi connectivity index (χ1n) is 24.7. The number of aliphatic hydroxyl groups excluding tert-OH is 3. The van der Waals surface area contributed by atoms with E-state index in [4.69, 9.17) is 9.47 Å². The highest BCUT2D eigenvalue weighted by Gasteiger charge is 2.48. The normalized spacial score (nSPS) is 18.7. The molecule has 4 amide bonds.